The predicted octanol–water partition coefficient (Wildman–Crippen LogP) is 4.25. The summed E-state index contributed by atoms with van der Waals surface area (Å²) in [7, 11) is 0. The Kier molecular flexibility index (Phi) is 6.16. The van der Waals surface area contributed by atoms with Gasteiger partial charge >= 0.3 is 5.69 Å². The van der Waals surface area contributed by atoms with Crippen LogP contribution in [-0.4, -0.2) is 20.4 Å². The minimum atomic E-state index is -1.37. The molecule has 0 aliphatic rings. The van der Waals surface area contributed by atoms with Gasteiger partial charge in [-0.25, -0.2) is 22.5 Å². The number of hydrogen-bond acceptors (Lipinski definition) is 3. The van der Waals surface area contributed by atoms with Crippen molar-refractivity contribution in [2.45, 2.75) is 25.4 Å². The molecule has 1 amide bonds. The third kappa shape index (κ3) is 4.53. The summed E-state index contributed by atoms with van der Waals surface area (Å²) < 4.78 is 42.4. The highest BCUT2D eigenvalue weighted by Gasteiger charge is 2.28. The van der Waals surface area contributed by atoms with Crippen LogP contribution in [0.25, 0.3) is 21.8 Å². The zero-order valence-corrected chi connectivity index (χ0v) is 19.5. The molecular weight excluding hydrogens is 485 g/mol. The predicted molar refractivity (Wildman–Crippen MR) is 133 cm³/mol. The van der Waals surface area contributed by atoms with Crippen molar-refractivity contribution in [3.63, 3.8) is 0 Å². The zero-order valence-electron chi connectivity index (χ0n) is 19.5. The molecule has 0 saturated carbocycles. The second kappa shape index (κ2) is 9.45. The summed E-state index contributed by atoms with van der Waals surface area (Å²) in [5, 5.41) is 3.31. The molecule has 3 N–H and O–H groups in total. The monoisotopic (exact) mass is 506 g/mol. The molecule has 0 aliphatic carbocycles. The van der Waals surface area contributed by atoms with Crippen LogP contribution in [0.1, 0.15) is 30.1 Å². The Morgan fingerprint density at radius 3 is 2.46 bits per heavy atom. The number of benzene rings is 3. The first-order valence-electron chi connectivity index (χ1n) is 11.5. The molecule has 0 bridgehead atoms. The summed E-state index contributed by atoms with van der Waals surface area (Å²) in [6, 6.07) is 11.4. The first kappa shape index (κ1) is 24.1. The summed E-state index contributed by atoms with van der Waals surface area (Å²) in [6.45, 7) is 1.50. The minimum absolute atomic E-state index is 0.0300. The number of carbonyl (C=O) groups excluding carboxylic acids is 1. The lowest BCUT2D eigenvalue weighted by Gasteiger charge is -2.22. The molecule has 2 heterocycles. The lowest BCUT2D eigenvalue weighted by molar-refractivity contribution is -0.125. The van der Waals surface area contributed by atoms with Crippen LogP contribution in [0.15, 0.2) is 76.4 Å². The molecule has 37 heavy (non-hydrogen) atoms. The van der Waals surface area contributed by atoms with Gasteiger partial charge < -0.3 is 15.3 Å². The molecule has 2 aromatic heterocycles. The van der Waals surface area contributed by atoms with Crippen molar-refractivity contribution < 1.29 is 18.0 Å². The fraction of sp³-hybridized carbons (Fsp3) is 0.148. The molecule has 2 atom stereocenters. The number of aromatic nitrogens is 3. The van der Waals surface area contributed by atoms with Gasteiger partial charge in [0.25, 0.3) is 5.56 Å². The maximum Gasteiger partial charge on any atom is 0.329 e. The van der Waals surface area contributed by atoms with E-state index >= 15 is 0 Å². The van der Waals surface area contributed by atoms with Crippen molar-refractivity contribution in [2.24, 2.45) is 0 Å². The summed E-state index contributed by atoms with van der Waals surface area (Å²) >= 11 is 0. The highest BCUT2D eigenvalue weighted by atomic mass is 19.1. The molecule has 7 nitrogen and oxygen atoms in total. The van der Waals surface area contributed by atoms with Gasteiger partial charge in [0, 0.05) is 35.2 Å². The number of halogens is 3. The van der Waals surface area contributed by atoms with Crippen molar-refractivity contribution in [1.29, 1.82) is 0 Å². The second-order valence-corrected chi connectivity index (χ2v) is 8.77. The number of nitrogens with zero attached hydrogens (tertiary/aromatic N) is 1. The fourth-order valence-electron chi connectivity index (χ4n) is 4.53. The van der Waals surface area contributed by atoms with Crippen LogP contribution in [-0.2, 0) is 11.2 Å². The van der Waals surface area contributed by atoms with Crippen LogP contribution >= 0.6 is 0 Å². The van der Waals surface area contributed by atoms with Crippen LogP contribution < -0.4 is 16.6 Å². The molecular formula is C27H21F3N4O3. The van der Waals surface area contributed by atoms with E-state index in [1.54, 1.807) is 6.20 Å². The van der Waals surface area contributed by atoms with Crippen molar-refractivity contribution >= 4 is 27.7 Å². The number of aromatic amines is 2. The SMILES string of the molecule is C[C@H](NC(=O)[C@H](Cc1c[nH]c2ccccc12)n1c(=O)[nH]c2ccc(F)cc2c1=O)c1ccc(F)cc1F. The van der Waals surface area contributed by atoms with Crippen molar-refractivity contribution in [2.75, 3.05) is 0 Å². The Hall–Kier alpha value is -4.60. The third-order valence-corrected chi connectivity index (χ3v) is 6.38. The molecule has 10 heteroatoms. The summed E-state index contributed by atoms with van der Waals surface area (Å²) in [6.07, 6.45) is 1.60. The Labute approximate surface area is 207 Å². The van der Waals surface area contributed by atoms with E-state index in [4.69, 9.17) is 0 Å². The molecule has 3 aromatic carbocycles. The number of nitrogens with one attached hydrogen (secondary N) is 3. The standard InChI is InChI=1S/C27H21F3N4O3/c1-14(18-8-6-17(29)12-21(18)30)32-25(35)24(10-15-13-31-22-5-3-2-4-19(15)22)34-26(36)20-11-16(28)7-9-23(20)33-27(34)37/h2-9,11-14,24,31H,10H2,1H3,(H,32,35)(H,33,37)/t14-,24-/m0/s1. The Bertz CT molecular complexity index is 1770. The molecule has 0 fully saturated rings. The number of hydrogen-bond donors (Lipinski definition) is 3. The van der Waals surface area contributed by atoms with E-state index in [-0.39, 0.29) is 22.9 Å². The van der Waals surface area contributed by atoms with Crippen molar-refractivity contribution in [3.8, 4) is 0 Å². The fourth-order valence-corrected chi connectivity index (χ4v) is 4.53. The third-order valence-electron chi connectivity index (χ3n) is 6.38. The Morgan fingerprint density at radius 2 is 1.68 bits per heavy atom. The van der Waals surface area contributed by atoms with Crippen LogP contribution in [0.5, 0.6) is 0 Å². The van der Waals surface area contributed by atoms with E-state index in [1.807, 2.05) is 24.3 Å². The van der Waals surface area contributed by atoms with Gasteiger partial charge in [-0.3, -0.25) is 9.59 Å². The van der Waals surface area contributed by atoms with E-state index in [0.29, 0.717) is 11.6 Å². The van der Waals surface area contributed by atoms with Gasteiger partial charge in [0.15, 0.2) is 0 Å². The highest BCUT2D eigenvalue weighted by molar-refractivity contribution is 5.86. The Balaban J connectivity index is 1.61. The molecule has 5 aromatic rings. The summed E-state index contributed by atoms with van der Waals surface area (Å²) in [4.78, 5) is 45.6. The second-order valence-electron chi connectivity index (χ2n) is 8.77. The minimum Gasteiger partial charge on any atom is -0.361 e. The average Bonchev–Trinajstić information content (AvgIpc) is 3.26. The molecule has 188 valence electrons. The number of fused-ring (bicyclic) bond motifs is 2. The smallest absolute Gasteiger partial charge is 0.329 e. The van der Waals surface area contributed by atoms with Crippen molar-refractivity contribution in [1.82, 2.24) is 19.9 Å². The molecule has 0 aliphatic heterocycles. The largest absolute Gasteiger partial charge is 0.361 e. The molecule has 5 rings (SSSR count). The van der Waals surface area contributed by atoms with E-state index in [9.17, 15) is 27.6 Å². The van der Waals surface area contributed by atoms with E-state index in [1.165, 1.54) is 19.1 Å². The lowest BCUT2D eigenvalue weighted by Crippen LogP contribution is -2.46. The van der Waals surface area contributed by atoms with E-state index in [0.717, 1.165) is 33.7 Å². The van der Waals surface area contributed by atoms with Crippen LogP contribution in [0, 0.1) is 17.5 Å². The molecule has 0 spiro atoms. The van der Waals surface area contributed by atoms with Crippen LogP contribution in [0.4, 0.5) is 13.2 Å². The van der Waals surface area contributed by atoms with Gasteiger partial charge in [-0.05, 0) is 42.8 Å². The van der Waals surface area contributed by atoms with Gasteiger partial charge in [-0.15, -0.1) is 0 Å². The van der Waals surface area contributed by atoms with E-state index in [2.05, 4.69) is 15.3 Å². The number of amides is 1. The summed E-state index contributed by atoms with van der Waals surface area (Å²) in [5.41, 5.74) is -0.103. The van der Waals surface area contributed by atoms with Crippen LogP contribution in [0.3, 0.4) is 0 Å². The van der Waals surface area contributed by atoms with Gasteiger partial charge in [0.05, 0.1) is 16.9 Å². The van der Waals surface area contributed by atoms with Crippen molar-refractivity contribution in [3.05, 3.63) is 116 Å². The number of rotatable bonds is 6. The normalized spacial score (nSPS) is 13.1. The number of para-hydroxylation sites is 1. The molecule has 0 unspecified atom stereocenters. The maximum atomic E-state index is 14.4. The molecule has 0 saturated heterocycles. The average molecular weight is 506 g/mol. The first-order chi connectivity index (χ1) is 17.7. The Morgan fingerprint density at radius 1 is 0.946 bits per heavy atom. The first-order valence-corrected chi connectivity index (χ1v) is 11.5. The lowest BCUT2D eigenvalue weighted by atomic mass is 10.0. The quantitative estimate of drug-likeness (QED) is 0.321. The molecule has 0 radical (unpaired) electrons. The summed E-state index contributed by atoms with van der Waals surface area (Å²) in [5.74, 6) is -3.04. The highest BCUT2D eigenvalue weighted by Crippen LogP contribution is 2.24. The van der Waals surface area contributed by atoms with Gasteiger partial charge in [-0.2, -0.15) is 0 Å². The zero-order chi connectivity index (χ0) is 26.3. The van der Waals surface area contributed by atoms with Gasteiger partial charge in [-0.1, -0.05) is 24.3 Å². The topological polar surface area (TPSA) is 99.8 Å². The van der Waals surface area contributed by atoms with E-state index < -0.39 is 46.7 Å². The van der Waals surface area contributed by atoms with Gasteiger partial charge in [0.1, 0.15) is 23.5 Å². The number of carbonyl (C=O) groups is 1. The maximum absolute atomic E-state index is 14.4. The number of H-pyrrole nitrogens is 2. The van der Waals surface area contributed by atoms with Gasteiger partial charge in [0.2, 0.25) is 5.91 Å². The van der Waals surface area contributed by atoms with Crippen LogP contribution in [0.2, 0.25) is 0 Å².